The van der Waals surface area contributed by atoms with E-state index >= 15 is 0 Å². The molecule has 0 atom stereocenters. The van der Waals surface area contributed by atoms with Crippen LogP contribution in [0.15, 0.2) is 0 Å². The summed E-state index contributed by atoms with van der Waals surface area (Å²) < 4.78 is 9.72. The van der Waals surface area contributed by atoms with Crippen LogP contribution in [0.4, 0.5) is 4.79 Å². The molecule has 3 heteroatoms. The number of ether oxygens (including phenoxy) is 2. The Morgan fingerprint density at radius 3 is 2.07 bits per heavy atom. The average molecular weight is 212 g/mol. The van der Waals surface area contributed by atoms with Crippen molar-refractivity contribution >= 4 is 6.16 Å². The molecule has 0 aromatic carbocycles. The van der Waals surface area contributed by atoms with Crippen LogP contribution in [0.3, 0.4) is 0 Å². The maximum Gasteiger partial charge on any atom is 0.509 e. The van der Waals surface area contributed by atoms with Gasteiger partial charge in [0.2, 0.25) is 0 Å². The molecule has 3 nitrogen and oxygen atoms in total. The van der Waals surface area contributed by atoms with Crippen molar-refractivity contribution in [1.29, 1.82) is 0 Å². The van der Waals surface area contributed by atoms with Gasteiger partial charge in [0.25, 0.3) is 0 Å². The second-order valence-corrected chi connectivity index (χ2v) is 5.30. The predicted molar refractivity (Wildman–Crippen MR) is 59.4 cm³/mol. The van der Waals surface area contributed by atoms with Gasteiger partial charge in [-0.05, 0) is 41.5 Å². The van der Waals surface area contributed by atoms with Crippen LogP contribution < -0.4 is 0 Å². The summed E-state index contributed by atoms with van der Waals surface area (Å²) in [6, 6.07) is 0. The van der Waals surface area contributed by atoms with Crippen molar-refractivity contribution in [3.63, 3.8) is 0 Å². The largest absolute Gasteiger partial charge is 0.509 e. The number of hydrogen-bond donors (Lipinski definition) is 0. The zero-order chi connectivity index (χ0) is 12.1. The van der Waals surface area contributed by atoms with E-state index < -0.39 is 11.8 Å². The Labute approximate surface area is 92.1 Å². The second-order valence-electron chi connectivity index (χ2n) is 5.30. The quantitative estimate of drug-likeness (QED) is 0.495. The molecule has 86 valence electrons. The monoisotopic (exact) mass is 212 g/mol. The Bertz CT molecular complexity index is 268. The second kappa shape index (κ2) is 5.06. The standard InChI is InChI=1S/C12H20O3/c1-11(2,3)8-7-9-14-10(13)15-12(4,5)6/h9H2,1-6H3. The Kier molecular flexibility index (Phi) is 4.67. The first-order valence-corrected chi connectivity index (χ1v) is 4.96. The van der Waals surface area contributed by atoms with Gasteiger partial charge in [0, 0.05) is 5.41 Å². The molecule has 0 aromatic heterocycles. The molecule has 0 fully saturated rings. The summed E-state index contributed by atoms with van der Waals surface area (Å²) in [6.45, 7) is 11.4. The van der Waals surface area contributed by atoms with Gasteiger partial charge in [-0.15, -0.1) is 0 Å². The van der Waals surface area contributed by atoms with Gasteiger partial charge >= 0.3 is 6.16 Å². The molecule has 0 amide bonds. The molecule has 15 heavy (non-hydrogen) atoms. The Hall–Kier alpha value is -1.17. The molecule has 0 aliphatic heterocycles. The minimum absolute atomic E-state index is 0.0721. The van der Waals surface area contributed by atoms with Gasteiger partial charge in [-0.25, -0.2) is 4.79 Å². The lowest BCUT2D eigenvalue weighted by molar-refractivity contribution is -0.00166. The van der Waals surface area contributed by atoms with E-state index in [1.54, 1.807) is 20.8 Å². The first-order valence-electron chi connectivity index (χ1n) is 4.96. The van der Waals surface area contributed by atoms with Crippen molar-refractivity contribution in [2.24, 2.45) is 5.41 Å². The lowest BCUT2D eigenvalue weighted by atomic mass is 9.98. The van der Waals surface area contributed by atoms with Gasteiger partial charge in [-0.2, -0.15) is 0 Å². The summed E-state index contributed by atoms with van der Waals surface area (Å²) in [5.74, 6) is 5.73. The smallest absolute Gasteiger partial charge is 0.429 e. The summed E-state index contributed by atoms with van der Waals surface area (Å²) in [5.41, 5.74) is -0.591. The van der Waals surface area contributed by atoms with Gasteiger partial charge in [0.05, 0.1) is 0 Å². The Morgan fingerprint density at radius 2 is 1.67 bits per heavy atom. The van der Waals surface area contributed by atoms with Gasteiger partial charge < -0.3 is 9.47 Å². The molecule has 0 heterocycles. The van der Waals surface area contributed by atoms with Gasteiger partial charge in [0.1, 0.15) is 5.60 Å². The van der Waals surface area contributed by atoms with Gasteiger partial charge in [-0.1, -0.05) is 11.8 Å². The highest BCUT2D eigenvalue weighted by Crippen LogP contribution is 2.10. The van der Waals surface area contributed by atoms with E-state index in [0.29, 0.717) is 0 Å². The predicted octanol–water partition coefficient (Wildman–Crippen LogP) is 2.99. The highest BCUT2D eigenvalue weighted by molar-refractivity contribution is 5.60. The molecule has 0 N–H and O–H groups in total. The van der Waals surface area contributed by atoms with Crippen molar-refractivity contribution in [2.75, 3.05) is 6.61 Å². The SMILES string of the molecule is CC(C)(C)C#CCOC(=O)OC(C)(C)C. The highest BCUT2D eigenvalue weighted by Gasteiger charge is 2.16. The van der Waals surface area contributed by atoms with Crippen LogP contribution in [0.2, 0.25) is 0 Å². The van der Waals surface area contributed by atoms with E-state index in [-0.39, 0.29) is 12.0 Å². The average Bonchev–Trinajstić information content (AvgIpc) is 1.92. The van der Waals surface area contributed by atoms with E-state index in [1.807, 2.05) is 20.8 Å². The third-order valence-electron chi connectivity index (χ3n) is 1.12. The molecule has 0 aromatic rings. The van der Waals surface area contributed by atoms with Gasteiger partial charge in [0.15, 0.2) is 6.61 Å². The minimum Gasteiger partial charge on any atom is -0.429 e. The Balaban J connectivity index is 3.87. The zero-order valence-corrected chi connectivity index (χ0v) is 10.4. The van der Waals surface area contributed by atoms with Crippen molar-refractivity contribution < 1.29 is 14.3 Å². The minimum atomic E-state index is -0.675. The third kappa shape index (κ3) is 10.8. The van der Waals surface area contributed by atoms with Crippen molar-refractivity contribution in [3.05, 3.63) is 0 Å². The fraction of sp³-hybridized carbons (Fsp3) is 0.750. The van der Waals surface area contributed by atoms with Crippen LogP contribution >= 0.6 is 0 Å². The third-order valence-corrected chi connectivity index (χ3v) is 1.12. The van der Waals surface area contributed by atoms with Crippen LogP contribution in [0, 0.1) is 17.3 Å². The fourth-order valence-electron chi connectivity index (χ4n) is 0.676. The topological polar surface area (TPSA) is 35.5 Å². The summed E-state index contributed by atoms with van der Waals surface area (Å²) in [6.07, 6.45) is -0.675. The normalized spacial score (nSPS) is 11.3. The lowest BCUT2D eigenvalue weighted by Gasteiger charge is -2.18. The summed E-state index contributed by atoms with van der Waals surface area (Å²) >= 11 is 0. The van der Waals surface area contributed by atoms with Crippen LogP contribution in [-0.4, -0.2) is 18.4 Å². The van der Waals surface area contributed by atoms with Crippen molar-refractivity contribution in [2.45, 2.75) is 47.1 Å². The van der Waals surface area contributed by atoms with Crippen LogP contribution in [0.25, 0.3) is 0 Å². The van der Waals surface area contributed by atoms with E-state index in [1.165, 1.54) is 0 Å². The number of carbonyl (C=O) groups excluding carboxylic acids is 1. The fourth-order valence-corrected chi connectivity index (χ4v) is 0.676. The molecular formula is C12H20O3. The lowest BCUT2D eigenvalue weighted by Crippen LogP contribution is -2.24. The van der Waals surface area contributed by atoms with Crippen LogP contribution in [0.5, 0.6) is 0 Å². The number of rotatable bonds is 1. The maximum absolute atomic E-state index is 11.1. The summed E-state index contributed by atoms with van der Waals surface area (Å²) in [5, 5.41) is 0. The van der Waals surface area contributed by atoms with Crippen molar-refractivity contribution in [3.8, 4) is 11.8 Å². The van der Waals surface area contributed by atoms with E-state index in [4.69, 9.17) is 9.47 Å². The zero-order valence-electron chi connectivity index (χ0n) is 10.4. The van der Waals surface area contributed by atoms with Crippen molar-refractivity contribution in [1.82, 2.24) is 0 Å². The van der Waals surface area contributed by atoms with Crippen LogP contribution in [0.1, 0.15) is 41.5 Å². The first-order chi connectivity index (χ1) is 6.60. The molecule has 0 aliphatic rings. The summed E-state index contributed by atoms with van der Waals surface area (Å²) in [4.78, 5) is 11.1. The molecule has 0 saturated heterocycles. The molecular weight excluding hydrogens is 192 g/mol. The number of hydrogen-bond acceptors (Lipinski definition) is 3. The molecule has 0 unspecified atom stereocenters. The molecule has 0 aliphatic carbocycles. The maximum atomic E-state index is 11.1. The Morgan fingerprint density at radius 1 is 1.13 bits per heavy atom. The molecule has 0 saturated carbocycles. The van der Waals surface area contributed by atoms with E-state index in [2.05, 4.69) is 11.8 Å². The summed E-state index contributed by atoms with van der Waals surface area (Å²) in [7, 11) is 0. The molecule has 0 rings (SSSR count). The number of carbonyl (C=O) groups is 1. The molecule has 0 bridgehead atoms. The van der Waals surface area contributed by atoms with E-state index in [0.717, 1.165) is 0 Å². The van der Waals surface area contributed by atoms with Crippen LogP contribution in [-0.2, 0) is 9.47 Å². The van der Waals surface area contributed by atoms with E-state index in [9.17, 15) is 4.79 Å². The molecule has 0 spiro atoms. The van der Waals surface area contributed by atoms with Gasteiger partial charge in [-0.3, -0.25) is 0 Å². The first kappa shape index (κ1) is 13.8. The highest BCUT2D eigenvalue weighted by atomic mass is 16.7. The molecule has 0 radical (unpaired) electrons.